The number of benzene rings is 1. The van der Waals surface area contributed by atoms with E-state index < -0.39 is 23.3 Å². The fraction of sp³-hybridized carbons (Fsp3) is 0.400. The van der Waals surface area contributed by atoms with Crippen LogP contribution in [0.2, 0.25) is 0 Å². The first-order valence-corrected chi connectivity index (χ1v) is 7.88. The molecule has 0 amide bonds. The highest BCUT2D eigenvalue weighted by Gasteiger charge is 2.29. The standard InChI is InChI=1S/C15H15BrN2O5/c1-7-3-11(23-6-12(19)22-2)18-13-9(7)4-8(16)5-10(13)17-14(20)15(18)21/h4-5,7,11H,3,6H2,1-2H3,(H,17,20)/t7-,11-/m1/s1. The molecule has 2 aromatic rings. The van der Waals surface area contributed by atoms with Gasteiger partial charge in [0.05, 0.1) is 18.1 Å². The van der Waals surface area contributed by atoms with Gasteiger partial charge in [0.15, 0.2) is 0 Å². The Hall–Kier alpha value is -1.93. The molecule has 0 unspecified atom stereocenters. The lowest BCUT2D eigenvalue weighted by Gasteiger charge is -2.31. The van der Waals surface area contributed by atoms with Crippen LogP contribution in [0.4, 0.5) is 0 Å². The quantitative estimate of drug-likeness (QED) is 0.643. The number of aromatic amines is 1. The fourth-order valence-corrected chi connectivity index (χ4v) is 3.40. The number of carbonyl (C=O) groups is 1. The molecule has 0 spiro atoms. The third kappa shape index (κ3) is 2.72. The summed E-state index contributed by atoms with van der Waals surface area (Å²) in [4.78, 5) is 38.2. The lowest BCUT2D eigenvalue weighted by molar-refractivity contribution is -0.150. The number of ether oxygens (including phenoxy) is 2. The van der Waals surface area contributed by atoms with Crippen molar-refractivity contribution in [3.63, 3.8) is 0 Å². The minimum absolute atomic E-state index is 0.1000. The Labute approximate surface area is 139 Å². The lowest BCUT2D eigenvalue weighted by atomic mass is 9.92. The monoisotopic (exact) mass is 382 g/mol. The van der Waals surface area contributed by atoms with Crippen molar-refractivity contribution in [1.82, 2.24) is 9.55 Å². The lowest BCUT2D eigenvalue weighted by Crippen LogP contribution is -2.41. The molecule has 1 N–H and O–H groups in total. The van der Waals surface area contributed by atoms with Gasteiger partial charge in [0, 0.05) is 4.47 Å². The van der Waals surface area contributed by atoms with Crippen molar-refractivity contribution in [3.05, 3.63) is 42.9 Å². The molecule has 2 atom stereocenters. The van der Waals surface area contributed by atoms with Gasteiger partial charge in [-0.05, 0) is 30.0 Å². The average Bonchev–Trinajstić information content (AvgIpc) is 2.51. The van der Waals surface area contributed by atoms with Gasteiger partial charge in [-0.15, -0.1) is 0 Å². The number of nitrogens with one attached hydrogen (secondary N) is 1. The highest BCUT2D eigenvalue weighted by Crippen LogP contribution is 2.38. The van der Waals surface area contributed by atoms with Crippen LogP contribution in [0.15, 0.2) is 26.2 Å². The van der Waals surface area contributed by atoms with Crippen LogP contribution in [0.3, 0.4) is 0 Å². The van der Waals surface area contributed by atoms with Gasteiger partial charge in [0.25, 0.3) is 0 Å². The van der Waals surface area contributed by atoms with Crippen LogP contribution >= 0.6 is 15.9 Å². The molecule has 1 aliphatic heterocycles. The number of methoxy groups -OCH3 is 1. The van der Waals surface area contributed by atoms with E-state index in [1.165, 1.54) is 11.7 Å². The minimum Gasteiger partial charge on any atom is -0.467 e. The zero-order valence-corrected chi connectivity index (χ0v) is 14.2. The number of hydrogen-bond donors (Lipinski definition) is 1. The summed E-state index contributed by atoms with van der Waals surface area (Å²) < 4.78 is 12.3. The summed E-state index contributed by atoms with van der Waals surface area (Å²) in [7, 11) is 1.26. The molecule has 3 rings (SSSR count). The first-order valence-electron chi connectivity index (χ1n) is 7.08. The van der Waals surface area contributed by atoms with E-state index in [0.29, 0.717) is 17.5 Å². The molecule has 1 aromatic heterocycles. The van der Waals surface area contributed by atoms with Gasteiger partial charge in [0.1, 0.15) is 12.8 Å². The van der Waals surface area contributed by atoms with E-state index in [9.17, 15) is 14.4 Å². The van der Waals surface area contributed by atoms with E-state index in [1.807, 2.05) is 13.0 Å². The maximum absolute atomic E-state index is 12.3. The number of esters is 1. The molecule has 0 fully saturated rings. The van der Waals surface area contributed by atoms with Gasteiger partial charge in [-0.25, -0.2) is 4.79 Å². The number of aromatic nitrogens is 2. The van der Waals surface area contributed by atoms with Gasteiger partial charge in [-0.3, -0.25) is 14.2 Å². The summed E-state index contributed by atoms with van der Waals surface area (Å²) >= 11 is 3.42. The van der Waals surface area contributed by atoms with Crippen LogP contribution < -0.4 is 11.1 Å². The van der Waals surface area contributed by atoms with Crippen LogP contribution in [-0.2, 0) is 14.3 Å². The van der Waals surface area contributed by atoms with Crippen molar-refractivity contribution in [2.45, 2.75) is 25.5 Å². The molecule has 0 radical (unpaired) electrons. The Kier molecular flexibility index (Phi) is 4.11. The third-order valence-corrected chi connectivity index (χ3v) is 4.46. The fourth-order valence-electron chi connectivity index (χ4n) is 2.92. The smallest absolute Gasteiger partial charge is 0.331 e. The summed E-state index contributed by atoms with van der Waals surface area (Å²) in [6, 6.07) is 3.67. The molecule has 1 aromatic carbocycles. The Morgan fingerprint density at radius 1 is 1.43 bits per heavy atom. The zero-order chi connectivity index (χ0) is 16.7. The second kappa shape index (κ2) is 5.93. The van der Waals surface area contributed by atoms with Gasteiger partial charge in [-0.1, -0.05) is 22.9 Å². The minimum atomic E-state index is -0.720. The molecular weight excluding hydrogens is 368 g/mol. The average molecular weight is 383 g/mol. The second-order valence-electron chi connectivity index (χ2n) is 5.50. The van der Waals surface area contributed by atoms with Crippen molar-refractivity contribution < 1.29 is 14.3 Å². The molecular formula is C15H15BrN2O5. The molecule has 1 aliphatic rings. The van der Waals surface area contributed by atoms with Crippen molar-refractivity contribution in [2.24, 2.45) is 0 Å². The largest absolute Gasteiger partial charge is 0.467 e. The van der Waals surface area contributed by atoms with Gasteiger partial charge < -0.3 is 14.5 Å². The Balaban J connectivity index is 2.21. The third-order valence-electron chi connectivity index (χ3n) is 4.00. The van der Waals surface area contributed by atoms with E-state index in [0.717, 1.165) is 10.0 Å². The Bertz CT molecular complexity index is 901. The second-order valence-corrected chi connectivity index (χ2v) is 6.41. The summed E-state index contributed by atoms with van der Waals surface area (Å²) in [6.45, 7) is 1.73. The van der Waals surface area contributed by atoms with Crippen LogP contribution in [-0.4, -0.2) is 29.2 Å². The number of halogens is 1. The Morgan fingerprint density at radius 3 is 2.87 bits per heavy atom. The van der Waals surface area contributed by atoms with Crippen LogP contribution in [0.25, 0.3) is 11.0 Å². The maximum atomic E-state index is 12.3. The molecule has 122 valence electrons. The number of carbonyl (C=O) groups excluding carboxylic acids is 1. The first kappa shape index (κ1) is 15.9. The maximum Gasteiger partial charge on any atom is 0.331 e. The predicted molar refractivity (Wildman–Crippen MR) is 86.6 cm³/mol. The first-order chi connectivity index (χ1) is 10.9. The summed E-state index contributed by atoms with van der Waals surface area (Å²) in [5.74, 6) is -0.434. The van der Waals surface area contributed by atoms with Crippen molar-refractivity contribution in [3.8, 4) is 0 Å². The summed E-state index contributed by atoms with van der Waals surface area (Å²) in [5, 5.41) is 0. The SMILES string of the molecule is COC(=O)CO[C@@H]1C[C@@H](C)c2cc(Br)cc3[nH]c(=O)c(=O)n1c23. The van der Waals surface area contributed by atoms with Crippen molar-refractivity contribution >= 4 is 32.9 Å². The molecule has 2 heterocycles. The molecule has 0 saturated heterocycles. The van der Waals surface area contributed by atoms with Gasteiger partial charge in [0.2, 0.25) is 0 Å². The highest BCUT2D eigenvalue weighted by atomic mass is 79.9. The number of nitrogens with zero attached hydrogens (tertiary/aromatic N) is 1. The van der Waals surface area contributed by atoms with Gasteiger partial charge in [-0.2, -0.15) is 0 Å². The molecule has 23 heavy (non-hydrogen) atoms. The summed E-state index contributed by atoms with van der Waals surface area (Å²) in [6.07, 6.45) is -0.200. The summed E-state index contributed by atoms with van der Waals surface area (Å²) in [5.41, 5.74) is 0.717. The van der Waals surface area contributed by atoms with Gasteiger partial charge >= 0.3 is 17.1 Å². The van der Waals surface area contributed by atoms with E-state index in [4.69, 9.17) is 4.74 Å². The number of hydrogen-bond acceptors (Lipinski definition) is 5. The molecule has 7 nitrogen and oxygen atoms in total. The van der Waals surface area contributed by atoms with E-state index in [2.05, 4.69) is 25.7 Å². The van der Waals surface area contributed by atoms with E-state index >= 15 is 0 Å². The van der Waals surface area contributed by atoms with Crippen LogP contribution in [0.5, 0.6) is 0 Å². The number of rotatable bonds is 3. The normalized spacial score (nSPS) is 19.8. The van der Waals surface area contributed by atoms with E-state index in [-0.39, 0.29) is 12.5 Å². The molecule has 8 heteroatoms. The number of H-pyrrole nitrogens is 1. The highest BCUT2D eigenvalue weighted by molar-refractivity contribution is 9.10. The molecule has 0 bridgehead atoms. The van der Waals surface area contributed by atoms with Crippen LogP contribution in [0, 0.1) is 0 Å². The van der Waals surface area contributed by atoms with Crippen molar-refractivity contribution in [2.75, 3.05) is 13.7 Å². The zero-order valence-electron chi connectivity index (χ0n) is 12.6. The van der Waals surface area contributed by atoms with Crippen LogP contribution in [0.1, 0.15) is 31.1 Å². The predicted octanol–water partition coefficient (Wildman–Crippen LogP) is 1.65. The molecule has 0 aliphatic carbocycles. The van der Waals surface area contributed by atoms with Crippen molar-refractivity contribution in [1.29, 1.82) is 0 Å². The Morgan fingerprint density at radius 2 is 2.17 bits per heavy atom. The van der Waals surface area contributed by atoms with E-state index in [1.54, 1.807) is 6.07 Å². The topological polar surface area (TPSA) is 90.4 Å². The molecule has 0 saturated carbocycles.